The van der Waals surface area contributed by atoms with Crippen LogP contribution in [-0.4, -0.2) is 44.3 Å². The maximum Gasteiger partial charge on any atom is 0.229 e. The highest BCUT2D eigenvalue weighted by Crippen LogP contribution is 2.20. The van der Waals surface area contributed by atoms with Crippen molar-refractivity contribution < 1.29 is 13.5 Å². The van der Waals surface area contributed by atoms with Crippen LogP contribution < -0.4 is 4.72 Å². The second-order valence-corrected chi connectivity index (χ2v) is 7.83. The summed E-state index contributed by atoms with van der Waals surface area (Å²) in [5, 5.41) is 10.4. The third-order valence-corrected chi connectivity index (χ3v) is 4.56. The Balaban J connectivity index is 1.99. The maximum atomic E-state index is 11.3. The van der Waals surface area contributed by atoms with E-state index >= 15 is 0 Å². The van der Waals surface area contributed by atoms with Gasteiger partial charge in [-0.3, -0.25) is 4.72 Å². The quantitative estimate of drug-likeness (QED) is 0.871. The predicted molar refractivity (Wildman–Crippen MR) is 89.4 cm³/mol. The summed E-state index contributed by atoms with van der Waals surface area (Å²) in [6.07, 6.45) is 6.73. The van der Waals surface area contributed by atoms with E-state index in [4.69, 9.17) is 0 Å². The molecule has 1 saturated heterocycles. The smallest absolute Gasteiger partial charge is 0.229 e. The first-order valence-corrected chi connectivity index (χ1v) is 9.81. The van der Waals surface area contributed by atoms with Gasteiger partial charge in [0.1, 0.15) is 0 Å². The van der Waals surface area contributed by atoms with Crippen molar-refractivity contribution in [1.29, 1.82) is 0 Å². The highest BCUT2D eigenvalue weighted by molar-refractivity contribution is 7.92. The molecule has 0 bridgehead atoms. The van der Waals surface area contributed by atoms with Gasteiger partial charge in [-0.05, 0) is 43.6 Å². The lowest BCUT2D eigenvalue weighted by atomic mass is 10.1. The number of aliphatic hydroxyl groups excluding tert-OH is 1. The van der Waals surface area contributed by atoms with Crippen LogP contribution in [0.2, 0.25) is 0 Å². The molecule has 0 aliphatic carbocycles. The Morgan fingerprint density at radius 1 is 1.18 bits per heavy atom. The molecule has 124 valence electrons. The van der Waals surface area contributed by atoms with E-state index in [-0.39, 0.29) is 0 Å². The molecule has 0 spiro atoms. The van der Waals surface area contributed by atoms with Crippen LogP contribution in [0, 0.1) is 0 Å². The summed E-state index contributed by atoms with van der Waals surface area (Å²) in [6, 6.07) is 6.99. The second-order valence-electron chi connectivity index (χ2n) is 6.08. The van der Waals surface area contributed by atoms with E-state index in [9.17, 15) is 13.5 Å². The van der Waals surface area contributed by atoms with Crippen LogP contribution in [0.5, 0.6) is 0 Å². The number of aliphatic hydroxyl groups is 1. The van der Waals surface area contributed by atoms with E-state index in [2.05, 4.69) is 9.62 Å². The molecular formula is C16H26N2O3S. The molecule has 6 heteroatoms. The number of anilines is 1. The summed E-state index contributed by atoms with van der Waals surface area (Å²) in [5.41, 5.74) is 1.24. The van der Waals surface area contributed by atoms with E-state index in [0.29, 0.717) is 12.2 Å². The Hall–Kier alpha value is -1.11. The van der Waals surface area contributed by atoms with E-state index < -0.39 is 16.1 Å². The van der Waals surface area contributed by atoms with Crippen molar-refractivity contribution >= 4 is 15.7 Å². The van der Waals surface area contributed by atoms with Gasteiger partial charge in [0.2, 0.25) is 10.0 Å². The largest absolute Gasteiger partial charge is 0.387 e. The zero-order valence-corrected chi connectivity index (χ0v) is 14.0. The van der Waals surface area contributed by atoms with Gasteiger partial charge in [-0.25, -0.2) is 8.42 Å². The van der Waals surface area contributed by atoms with Gasteiger partial charge in [0, 0.05) is 12.2 Å². The van der Waals surface area contributed by atoms with Crippen LogP contribution in [0.3, 0.4) is 0 Å². The lowest BCUT2D eigenvalue weighted by Gasteiger charge is -2.27. The molecule has 0 radical (unpaired) electrons. The maximum absolute atomic E-state index is 11.3. The van der Waals surface area contributed by atoms with Crippen LogP contribution in [0.25, 0.3) is 0 Å². The minimum absolute atomic E-state index is 0.492. The van der Waals surface area contributed by atoms with Crippen LogP contribution in [0.1, 0.15) is 43.8 Å². The lowest BCUT2D eigenvalue weighted by molar-refractivity contribution is 0.108. The van der Waals surface area contributed by atoms with Crippen molar-refractivity contribution in [3.63, 3.8) is 0 Å². The number of sulfonamides is 1. The van der Waals surface area contributed by atoms with E-state index in [1.54, 1.807) is 18.2 Å². The molecule has 5 nitrogen and oxygen atoms in total. The van der Waals surface area contributed by atoms with E-state index in [1.165, 1.54) is 32.1 Å². The molecular weight excluding hydrogens is 300 g/mol. The first kappa shape index (κ1) is 17.2. The van der Waals surface area contributed by atoms with Crippen molar-refractivity contribution in [2.75, 3.05) is 30.6 Å². The molecule has 1 aliphatic heterocycles. The fourth-order valence-electron chi connectivity index (χ4n) is 2.87. The van der Waals surface area contributed by atoms with Crippen molar-refractivity contribution in [1.82, 2.24) is 4.90 Å². The number of rotatable bonds is 5. The Kier molecular flexibility index (Phi) is 6.23. The van der Waals surface area contributed by atoms with Gasteiger partial charge >= 0.3 is 0 Å². The fraction of sp³-hybridized carbons (Fsp3) is 0.625. The molecule has 1 aromatic rings. The molecule has 1 unspecified atom stereocenters. The molecule has 1 aliphatic rings. The number of hydrogen-bond donors (Lipinski definition) is 2. The van der Waals surface area contributed by atoms with Crippen LogP contribution in [-0.2, 0) is 10.0 Å². The number of nitrogens with one attached hydrogen (secondary N) is 1. The third-order valence-electron chi connectivity index (χ3n) is 3.95. The zero-order chi connectivity index (χ0) is 16.0. The molecule has 1 atom stereocenters. The minimum Gasteiger partial charge on any atom is -0.387 e. The SMILES string of the molecule is CS(=O)(=O)Nc1cccc(C(O)CN2CCCCCCC2)c1. The van der Waals surface area contributed by atoms with Gasteiger partial charge < -0.3 is 10.0 Å². The highest BCUT2D eigenvalue weighted by Gasteiger charge is 2.15. The fourth-order valence-corrected chi connectivity index (χ4v) is 3.42. The van der Waals surface area contributed by atoms with Crippen LogP contribution in [0.15, 0.2) is 24.3 Å². The zero-order valence-electron chi connectivity index (χ0n) is 13.2. The Bertz CT molecular complexity index is 567. The monoisotopic (exact) mass is 326 g/mol. The van der Waals surface area contributed by atoms with Crippen molar-refractivity contribution in [3.05, 3.63) is 29.8 Å². The number of benzene rings is 1. The van der Waals surface area contributed by atoms with Crippen molar-refractivity contribution in [2.24, 2.45) is 0 Å². The molecule has 22 heavy (non-hydrogen) atoms. The molecule has 0 saturated carbocycles. The highest BCUT2D eigenvalue weighted by atomic mass is 32.2. The topological polar surface area (TPSA) is 69.6 Å². The van der Waals surface area contributed by atoms with E-state index in [1.807, 2.05) is 6.07 Å². The van der Waals surface area contributed by atoms with Crippen molar-refractivity contribution in [2.45, 2.75) is 38.2 Å². The summed E-state index contributed by atoms with van der Waals surface area (Å²) in [6.45, 7) is 2.65. The third kappa shape index (κ3) is 5.94. The predicted octanol–water partition coefficient (Wildman–Crippen LogP) is 2.36. The Morgan fingerprint density at radius 2 is 1.82 bits per heavy atom. The first-order chi connectivity index (χ1) is 10.4. The molecule has 0 aromatic heterocycles. The Morgan fingerprint density at radius 3 is 2.45 bits per heavy atom. The average Bonchev–Trinajstić information content (AvgIpc) is 2.40. The van der Waals surface area contributed by atoms with Crippen LogP contribution >= 0.6 is 0 Å². The standard InChI is InChI=1S/C16H26N2O3S/c1-22(20,21)17-15-9-7-8-14(12-15)16(19)13-18-10-5-3-2-4-6-11-18/h7-9,12,16-17,19H,2-6,10-11,13H2,1H3. The summed E-state index contributed by atoms with van der Waals surface area (Å²) < 4.78 is 25.0. The molecule has 2 rings (SSSR count). The second kappa shape index (κ2) is 7.94. The summed E-state index contributed by atoms with van der Waals surface area (Å²) in [5.74, 6) is 0. The van der Waals surface area contributed by atoms with Gasteiger partial charge in [0.05, 0.1) is 12.4 Å². The van der Waals surface area contributed by atoms with Gasteiger partial charge in [0.25, 0.3) is 0 Å². The van der Waals surface area contributed by atoms with Gasteiger partial charge in [-0.2, -0.15) is 0 Å². The summed E-state index contributed by atoms with van der Waals surface area (Å²) in [4.78, 5) is 2.31. The lowest BCUT2D eigenvalue weighted by Crippen LogP contribution is -2.31. The Labute approximate surface area is 133 Å². The number of nitrogens with zero attached hydrogens (tertiary/aromatic N) is 1. The van der Waals surface area contributed by atoms with Gasteiger partial charge in [0.15, 0.2) is 0 Å². The average molecular weight is 326 g/mol. The molecule has 2 N–H and O–H groups in total. The summed E-state index contributed by atoms with van der Waals surface area (Å²) in [7, 11) is -3.30. The summed E-state index contributed by atoms with van der Waals surface area (Å²) >= 11 is 0. The molecule has 1 fully saturated rings. The number of β-amino-alcohol motifs (C(OH)–C–C–N with tert-alkyl or cyclic N) is 1. The normalized spacial score (nSPS) is 19.2. The van der Waals surface area contributed by atoms with Gasteiger partial charge in [-0.1, -0.05) is 31.4 Å². The van der Waals surface area contributed by atoms with Crippen molar-refractivity contribution in [3.8, 4) is 0 Å². The van der Waals surface area contributed by atoms with Gasteiger partial charge in [-0.15, -0.1) is 0 Å². The number of hydrogen-bond acceptors (Lipinski definition) is 4. The molecule has 1 aromatic carbocycles. The minimum atomic E-state index is -3.30. The molecule has 0 amide bonds. The first-order valence-electron chi connectivity index (χ1n) is 7.92. The number of likely N-dealkylation sites (tertiary alicyclic amines) is 1. The van der Waals surface area contributed by atoms with Crippen LogP contribution in [0.4, 0.5) is 5.69 Å². The molecule has 1 heterocycles. The van der Waals surface area contributed by atoms with E-state index in [0.717, 1.165) is 24.9 Å².